The first-order valence-electron chi connectivity index (χ1n) is 7.98. The molecule has 0 bridgehead atoms. The van der Waals surface area contributed by atoms with Crippen molar-refractivity contribution in [2.45, 2.75) is 6.54 Å². The van der Waals surface area contributed by atoms with Gasteiger partial charge >= 0.3 is 0 Å². The highest BCUT2D eigenvalue weighted by atomic mass is 35.5. The van der Waals surface area contributed by atoms with Crippen molar-refractivity contribution in [2.24, 2.45) is 0 Å². The Morgan fingerprint density at radius 2 is 1.80 bits per heavy atom. The molecule has 1 aromatic heterocycles. The van der Waals surface area contributed by atoms with E-state index in [1.54, 1.807) is 23.1 Å². The van der Waals surface area contributed by atoms with E-state index < -0.39 is 0 Å². The maximum Gasteiger partial charge on any atom is 0.255 e. The molecule has 1 aliphatic rings. The van der Waals surface area contributed by atoms with E-state index in [9.17, 15) is 9.59 Å². The van der Waals surface area contributed by atoms with Gasteiger partial charge in [0.05, 0.1) is 24.3 Å². The van der Waals surface area contributed by atoms with Crippen LogP contribution < -0.4 is 5.32 Å². The van der Waals surface area contributed by atoms with Crippen molar-refractivity contribution >= 4 is 23.4 Å². The summed E-state index contributed by atoms with van der Waals surface area (Å²) in [7, 11) is 0. The summed E-state index contributed by atoms with van der Waals surface area (Å²) in [6, 6.07) is 8.80. The van der Waals surface area contributed by atoms with Crippen LogP contribution in [0, 0.1) is 0 Å². The zero-order valence-corrected chi connectivity index (χ0v) is 14.3. The summed E-state index contributed by atoms with van der Waals surface area (Å²) >= 11 is 5.84. The summed E-state index contributed by atoms with van der Waals surface area (Å²) in [5.74, 6) is -0.415. The van der Waals surface area contributed by atoms with Crippen LogP contribution in [-0.2, 0) is 11.3 Å². The fourth-order valence-corrected chi connectivity index (χ4v) is 2.64. The van der Waals surface area contributed by atoms with Crippen LogP contribution in [0.4, 0.5) is 0 Å². The molecule has 7 heteroatoms. The summed E-state index contributed by atoms with van der Waals surface area (Å²) in [5.41, 5.74) is 1.69. The Balaban J connectivity index is 1.64. The Hall–Kier alpha value is -2.44. The van der Waals surface area contributed by atoms with Gasteiger partial charge in [-0.2, -0.15) is 0 Å². The number of nitrogens with zero attached hydrogens (tertiary/aromatic N) is 2. The van der Waals surface area contributed by atoms with Crippen molar-refractivity contribution in [3.05, 3.63) is 64.4 Å². The Morgan fingerprint density at radius 1 is 1.12 bits per heavy atom. The summed E-state index contributed by atoms with van der Waals surface area (Å²) in [4.78, 5) is 30.5. The second kappa shape index (κ2) is 8.09. The third-order valence-corrected chi connectivity index (χ3v) is 4.16. The molecule has 0 atom stereocenters. The summed E-state index contributed by atoms with van der Waals surface area (Å²) < 4.78 is 5.25. The molecule has 1 aromatic carbocycles. The number of amides is 2. The molecular weight excluding hydrogens is 342 g/mol. The van der Waals surface area contributed by atoms with Crippen molar-refractivity contribution in [1.82, 2.24) is 15.2 Å². The molecule has 3 rings (SSSR count). The first kappa shape index (κ1) is 17.4. The minimum Gasteiger partial charge on any atom is -0.378 e. The molecule has 0 radical (unpaired) electrons. The normalized spacial score (nSPS) is 14.2. The standard InChI is InChI=1S/C18H18ClN3O3/c19-16-3-1-13(2-4-16)10-21-17(23)14-9-15(12-20-11-14)18(24)22-5-7-25-8-6-22/h1-4,9,11-12H,5-8,10H2,(H,21,23). The molecule has 2 aromatic rings. The number of pyridine rings is 1. The summed E-state index contributed by atoms with van der Waals surface area (Å²) in [5, 5.41) is 3.46. The van der Waals surface area contributed by atoms with E-state index in [1.807, 2.05) is 12.1 Å². The number of nitrogens with one attached hydrogen (secondary N) is 1. The van der Waals surface area contributed by atoms with E-state index in [1.165, 1.54) is 12.4 Å². The Morgan fingerprint density at radius 3 is 2.52 bits per heavy atom. The molecule has 0 aliphatic carbocycles. The number of carbonyl (C=O) groups excluding carboxylic acids is 2. The Bertz CT molecular complexity index is 758. The van der Waals surface area contributed by atoms with E-state index in [4.69, 9.17) is 16.3 Å². The van der Waals surface area contributed by atoms with Gasteiger partial charge < -0.3 is 15.0 Å². The first-order valence-corrected chi connectivity index (χ1v) is 8.36. The van der Waals surface area contributed by atoms with Crippen LogP contribution in [0.15, 0.2) is 42.7 Å². The molecule has 2 amide bonds. The van der Waals surface area contributed by atoms with Crippen LogP contribution >= 0.6 is 11.6 Å². The highest BCUT2D eigenvalue weighted by Gasteiger charge is 2.19. The minimum atomic E-state index is -0.279. The molecular formula is C18H18ClN3O3. The summed E-state index contributed by atoms with van der Waals surface area (Å²) in [6.45, 7) is 2.52. The quantitative estimate of drug-likeness (QED) is 0.907. The molecule has 0 unspecified atom stereocenters. The monoisotopic (exact) mass is 359 g/mol. The van der Waals surface area contributed by atoms with Gasteiger partial charge in [-0.3, -0.25) is 14.6 Å². The number of halogens is 1. The second-order valence-electron chi connectivity index (χ2n) is 5.68. The Kier molecular flexibility index (Phi) is 5.63. The number of hydrogen-bond acceptors (Lipinski definition) is 4. The van der Waals surface area contributed by atoms with Gasteiger partial charge in [-0.1, -0.05) is 23.7 Å². The zero-order valence-electron chi connectivity index (χ0n) is 13.6. The van der Waals surface area contributed by atoms with Crippen LogP contribution in [-0.4, -0.2) is 48.0 Å². The number of carbonyl (C=O) groups is 2. The van der Waals surface area contributed by atoms with Crippen molar-refractivity contribution in [3.63, 3.8) is 0 Å². The van der Waals surface area contributed by atoms with Crippen molar-refractivity contribution in [2.75, 3.05) is 26.3 Å². The molecule has 0 spiro atoms. The van der Waals surface area contributed by atoms with Crippen LogP contribution in [0.1, 0.15) is 26.3 Å². The largest absolute Gasteiger partial charge is 0.378 e. The summed E-state index contributed by atoms with van der Waals surface area (Å²) in [6.07, 6.45) is 2.93. The van der Waals surface area contributed by atoms with Gasteiger partial charge in [-0.25, -0.2) is 0 Å². The van der Waals surface area contributed by atoms with Crippen molar-refractivity contribution in [3.8, 4) is 0 Å². The smallest absolute Gasteiger partial charge is 0.255 e. The predicted molar refractivity (Wildman–Crippen MR) is 93.6 cm³/mol. The fraction of sp³-hybridized carbons (Fsp3) is 0.278. The van der Waals surface area contributed by atoms with Crippen LogP contribution in [0.3, 0.4) is 0 Å². The lowest BCUT2D eigenvalue weighted by atomic mass is 10.1. The van der Waals surface area contributed by atoms with Gasteiger partial charge in [0.1, 0.15) is 0 Å². The van der Waals surface area contributed by atoms with Crippen LogP contribution in [0.2, 0.25) is 5.02 Å². The zero-order chi connectivity index (χ0) is 17.6. The molecule has 2 heterocycles. The number of rotatable bonds is 4. The van der Waals surface area contributed by atoms with Gasteiger partial charge in [-0.05, 0) is 23.8 Å². The molecule has 1 saturated heterocycles. The van der Waals surface area contributed by atoms with Gasteiger partial charge in [0, 0.05) is 37.1 Å². The molecule has 25 heavy (non-hydrogen) atoms. The predicted octanol–water partition coefficient (Wildman–Crippen LogP) is 2.14. The van der Waals surface area contributed by atoms with E-state index in [2.05, 4.69) is 10.3 Å². The van der Waals surface area contributed by atoms with Gasteiger partial charge in [0.15, 0.2) is 0 Å². The lowest BCUT2D eigenvalue weighted by Gasteiger charge is -2.26. The average Bonchev–Trinajstić information content (AvgIpc) is 2.67. The molecule has 1 fully saturated rings. The van der Waals surface area contributed by atoms with Gasteiger partial charge in [0.2, 0.25) is 0 Å². The van der Waals surface area contributed by atoms with E-state index in [-0.39, 0.29) is 11.8 Å². The maximum atomic E-state index is 12.5. The van der Waals surface area contributed by atoms with Gasteiger partial charge in [0.25, 0.3) is 11.8 Å². The van der Waals surface area contributed by atoms with Crippen molar-refractivity contribution in [1.29, 1.82) is 0 Å². The van der Waals surface area contributed by atoms with E-state index in [0.29, 0.717) is 49.0 Å². The highest BCUT2D eigenvalue weighted by Crippen LogP contribution is 2.11. The number of morpholine rings is 1. The topological polar surface area (TPSA) is 71.5 Å². The fourth-order valence-electron chi connectivity index (χ4n) is 2.52. The van der Waals surface area contributed by atoms with Crippen molar-refractivity contribution < 1.29 is 14.3 Å². The number of hydrogen-bond donors (Lipinski definition) is 1. The molecule has 130 valence electrons. The lowest BCUT2D eigenvalue weighted by molar-refractivity contribution is 0.0302. The third kappa shape index (κ3) is 4.55. The second-order valence-corrected chi connectivity index (χ2v) is 6.11. The maximum absolute atomic E-state index is 12.5. The van der Waals surface area contributed by atoms with Crippen LogP contribution in [0.25, 0.3) is 0 Å². The molecule has 1 N–H and O–H groups in total. The third-order valence-electron chi connectivity index (χ3n) is 3.91. The first-order chi connectivity index (χ1) is 12.1. The number of ether oxygens (including phenoxy) is 1. The minimum absolute atomic E-state index is 0.136. The number of aromatic nitrogens is 1. The molecule has 6 nitrogen and oxygen atoms in total. The molecule has 0 saturated carbocycles. The van der Waals surface area contributed by atoms with Crippen LogP contribution in [0.5, 0.6) is 0 Å². The Labute approximate surface area is 150 Å². The van der Waals surface area contributed by atoms with E-state index in [0.717, 1.165) is 5.56 Å². The number of benzene rings is 1. The SMILES string of the molecule is O=C(NCc1ccc(Cl)cc1)c1cncc(C(=O)N2CCOCC2)c1. The molecule has 1 aliphatic heterocycles. The van der Waals surface area contributed by atoms with E-state index >= 15 is 0 Å². The average molecular weight is 360 g/mol. The highest BCUT2D eigenvalue weighted by molar-refractivity contribution is 6.30. The van der Waals surface area contributed by atoms with Gasteiger partial charge in [-0.15, -0.1) is 0 Å². The lowest BCUT2D eigenvalue weighted by Crippen LogP contribution is -2.40.